The van der Waals surface area contributed by atoms with Crippen LogP contribution in [0.4, 0.5) is 0 Å². The molecular formula is C9H14N3O2. The minimum atomic E-state index is -0.277. The number of rotatable bonds is 1. The van der Waals surface area contributed by atoms with Crippen molar-refractivity contribution in [3.8, 4) is 0 Å². The van der Waals surface area contributed by atoms with Crippen LogP contribution in [-0.4, -0.2) is 48.9 Å². The minimum absolute atomic E-state index is 0.00922. The molecule has 2 aliphatic rings. The van der Waals surface area contributed by atoms with Crippen LogP contribution in [0.3, 0.4) is 0 Å². The van der Waals surface area contributed by atoms with Crippen molar-refractivity contribution in [1.29, 1.82) is 0 Å². The third-order valence-corrected chi connectivity index (χ3v) is 2.66. The summed E-state index contributed by atoms with van der Waals surface area (Å²) < 4.78 is 0. The highest BCUT2D eigenvalue weighted by Crippen LogP contribution is 2.10. The summed E-state index contributed by atoms with van der Waals surface area (Å²) in [6.07, 6.45) is 1.12. The zero-order valence-electron chi connectivity index (χ0n) is 8.03. The van der Waals surface area contributed by atoms with Crippen molar-refractivity contribution < 1.29 is 9.59 Å². The molecule has 2 rings (SSSR count). The molecule has 1 radical (unpaired) electrons. The summed E-state index contributed by atoms with van der Waals surface area (Å²) in [7, 11) is 0. The van der Waals surface area contributed by atoms with Crippen molar-refractivity contribution in [2.75, 3.05) is 26.2 Å². The average Bonchev–Trinajstić information content (AvgIpc) is 2.65. The first-order valence-corrected chi connectivity index (χ1v) is 4.99. The number of nitrogens with zero attached hydrogens (tertiary/aromatic N) is 2. The Morgan fingerprint density at radius 1 is 1.43 bits per heavy atom. The monoisotopic (exact) mass is 196 g/mol. The molecular weight excluding hydrogens is 182 g/mol. The van der Waals surface area contributed by atoms with Gasteiger partial charge in [0.25, 0.3) is 0 Å². The molecule has 1 unspecified atom stereocenters. The Hall–Kier alpha value is -1.10. The zero-order valence-corrected chi connectivity index (χ0v) is 8.03. The van der Waals surface area contributed by atoms with Gasteiger partial charge >= 0.3 is 0 Å². The first-order valence-electron chi connectivity index (χ1n) is 4.99. The molecule has 2 fully saturated rings. The fraction of sp³-hybridized carbons (Fsp3) is 0.778. The van der Waals surface area contributed by atoms with Gasteiger partial charge in [-0.1, -0.05) is 0 Å². The molecule has 0 saturated carbocycles. The number of nitrogens with one attached hydrogen (secondary N) is 1. The highest BCUT2D eigenvalue weighted by Gasteiger charge is 2.31. The maximum absolute atomic E-state index is 11.8. The molecule has 0 aromatic heterocycles. The lowest BCUT2D eigenvalue weighted by molar-refractivity contribution is -0.134. The second-order valence-electron chi connectivity index (χ2n) is 3.65. The number of carbonyl (C=O) groups excluding carboxylic acids is 2. The van der Waals surface area contributed by atoms with Gasteiger partial charge in [-0.2, -0.15) is 0 Å². The fourth-order valence-electron chi connectivity index (χ4n) is 1.85. The van der Waals surface area contributed by atoms with Gasteiger partial charge in [-0.15, -0.1) is 0 Å². The van der Waals surface area contributed by atoms with E-state index in [2.05, 4.69) is 10.6 Å². The van der Waals surface area contributed by atoms with Gasteiger partial charge in [0, 0.05) is 32.6 Å². The van der Waals surface area contributed by atoms with Crippen LogP contribution in [-0.2, 0) is 9.59 Å². The molecule has 5 heteroatoms. The Morgan fingerprint density at radius 3 is 2.71 bits per heavy atom. The number of amides is 2. The standard InChI is InChI=1S/C9H14N3O2/c13-8-2-1-7(11-8)9(14)12-5-3-10-4-6-12/h7H,1-6H2,(H,11,13). The Kier molecular flexibility index (Phi) is 2.67. The Bertz CT molecular complexity index is 248. The molecule has 0 aliphatic carbocycles. The largest absolute Gasteiger partial charge is 0.344 e. The summed E-state index contributed by atoms with van der Waals surface area (Å²) in [5, 5.41) is 6.86. The van der Waals surface area contributed by atoms with E-state index in [0.29, 0.717) is 25.9 Å². The summed E-state index contributed by atoms with van der Waals surface area (Å²) in [5.74, 6) is 0.0517. The van der Waals surface area contributed by atoms with Gasteiger partial charge in [-0.25, -0.2) is 5.32 Å². The molecule has 0 aromatic rings. The lowest BCUT2D eigenvalue weighted by Crippen LogP contribution is -2.50. The topological polar surface area (TPSA) is 63.5 Å². The lowest BCUT2D eigenvalue weighted by atomic mass is 10.2. The van der Waals surface area contributed by atoms with Gasteiger partial charge in [0.2, 0.25) is 11.8 Å². The third kappa shape index (κ3) is 1.87. The predicted octanol–water partition coefficient (Wildman–Crippen LogP) is -1.29. The van der Waals surface area contributed by atoms with Gasteiger partial charge in [-0.05, 0) is 6.42 Å². The maximum Gasteiger partial charge on any atom is 0.245 e. The SMILES string of the molecule is O=C1CCC(C(=O)N2CC[N]CC2)N1. The normalized spacial score (nSPS) is 27.6. The van der Waals surface area contributed by atoms with E-state index in [1.807, 2.05) is 0 Å². The highest BCUT2D eigenvalue weighted by atomic mass is 16.2. The molecule has 0 spiro atoms. The van der Waals surface area contributed by atoms with Crippen LogP contribution in [0.2, 0.25) is 0 Å². The number of hydrogen-bond donors (Lipinski definition) is 1. The van der Waals surface area contributed by atoms with E-state index < -0.39 is 0 Å². The predicted molar refractivity (Wildman–Crippen MR) is 49.6 cm³/mol. The van der Waals surface area contributed by atoms with E-state index in [4.69, 9.17) is 0 Å². The van der Waals surface area contributed by atoms with Gasteiger partial charge in [0.05, 0.1) is 0 Å². The molecule has 0 aromatic carbocycles. The van der Waals surface area contributed by atoms with Gasteiger partial charge < -0.3 is 10.2 Å². The summed E-state index contributed by atoms with van der Waals surface area (Å²) in [5.41, 5.74) is 0. The Labute approximate surface area is 82.8 Å². The van der Waals surface area contributed by atoms with Crippen LogP contribution in [0.15, 0.2) is 0 Å². The van der Waals surface area contributed by atoms with E-state index >= 15 is 0 Å². The van der Waals surface area contributed by atoms with Crippen molar-refractivity contribution in [1.82, 2.24) is 15.5 Å². The zero-order chi connectivity index (χ0) is 9.97. The number of carbonyl (C=O) groups is 2. The number of piperazine rings is 1. The molecule has 2 amide bonds. The molecule has 2 saturated heterocycles. The van der Waals surface area contributed by atoms with Crippen LogP contribution in [0.25, 0.3) is 0 Å². The maximum atomic E-state index is 11.8. The smallest absolute Gasteiger partial charge is 0.245 e. The van der Waals surface area contributed by atoms with E-state index in [9.17, 15) is 9.59 Å². The first-order chi connectivity index (χ1) is 6.77. The summed E-state index contributed by atoms with van der Waals surface area (Å²) in [6.45, 7) is 2.86. The summed E-state index contributed by atoms with van der Waals surface area (Å²) >= 11 is 0. The van der Waals surface area contributed by atoms with Crippen LogP contribution in [0.1, 0.15) is 12.8 Å². The molecule has 1 N–H and O–H groups in total. The second-order valence-corrected chi connectivity index (χ2v) is 3.65. The second kappa shape index (κ2) is 3.96. The van der Waals surface area contributed by atoms with E-state index in [-0.39, 0.29) is 17.9 Å². The van der Waals surface area contributed by atoms with Crippen LogP contribution < -0.4 is 10.6 Å². The average molecular weight is 196 g/mol. The van der Waals surface area contributed by atoms with E-state index in [0.717, 1.165) is 13.1 Å². The molecule has 5 nitrogen and oxygen atoms in total. The van der Waals surface area contributed by atoms with Crippen molar-refractivity contribution in [2.24, 2.45) is 0 Å². The van der Waals surface area contributed by atoms with Crippen molar-refractivity contribution >= 4 is 11.8 Å². The third-order valence-electron chi connectivity index (χ3n) is 2.66. The van der Waals surface area contributed by atoms with Gasteiger partial charge in [-0.3, -0.25) is 9.59 Å². The lowest BCUT2D eigenvalue weighted by Gasteiger charge is -2.28. The first kappa shape index (κ1) is 9.45. The summed E-state index contributed by atoms with van der Waals surface area (Å²) in [4.78, 5) is 24.6. The van der Waals surface area contributed by atoms with Gasteiger partial charge in [0.15, 0.2) is 0 Å². The molecule has 14 heavy (non-hydrogen) atoms. The van der Waals surface area contributed by atoms with Gasteiger partial charge in [0.1, 0.15) is 6.04 Å². The quantitative estimate of drug-likeness (QED) is 0.567. The van der Waals surface area contributed by atoms with Crippen LogP contribution in [0.5, 0.6) is 0 Å². The fourth-order valence-corrected chi connectivity index (χ4v) is 1.85. The van der Waals surface area contributed by atoms with Crippen LogP contribution in [0, 0.1) is 0 Å². The Morgan fingerprint density at radius 2 is 2.14 bits per heavy atom. The minimum Gasteiger partial charge on any atom is -0.344 e. The van der Waals surface area contributed by atoms with E-state index in [1.165, 1.54) is 0 Å². The molecule has 2 heterocycles. The van der Waals surface area contributed by atoms with E-state index in [1.54, 1.807) is 4.90 Å². The summed E-state index contributed by atoms with van der Waals surface area (Å²) in [6, 6.07) is -0.277. The Balaban J connectivity index is 1.90. The van der Waals surface area contributed by atoms with Crippen molar-refractivity contribution in [3.05, 3.63) is 0 Å². The van der Waals surface area contributed by atoms with Crippen LogP contribution >= 0.6 is 0 Å². The molecule has 77 valence electrons. The van der Waals surface area contributed by atoms with Crippen molar-refractivity contribution in [2.45, 2.75) is 18.9 Å². The van der Waals surface area contributed by atoms with Crippen molar-refractivity contribution in [3.63, 3.8) is 0 Å². The molecule has 2 aliphatic heterocycles. The number of hydrogen-bond acceptors (Lipinski definition) is 2. The molecule has 0 bridgehead atoms. The molecule has 1 atom stereocenters. The highest BCUT2D eigenvalue weighted by molar-refractivity contribution is 5.90.